The van der Waals surface area contributed by atoms with Crippen LogP contribution in [-0.4, -0.2) is 5.78 Å². The molecule has 4 heteroatoms. The van der Waals surface area contributed by atoms with Crippen molar-refractivity contribution in [3.8, 4) is 6.07 Å². The molecule has 80 valence electrons. The number of carbonyl (C=O) groups excluding carboxylic acids is 1. The monoisotopic (exact) mass is 241 g/mol. The molecule has 0 spiro atoms. The van der Waals surface area contributed by atoms with Crippen molar-refractivity contribution in [2.75, 3.05) is 0 Å². The van der Waals surface area contributed by atoms with Gasteiger partial charge in [-0.1, -0.05) is 25.4 Å². The van der Waals surface area contributed by atoms with Crippen molar-refractivity contribution in [3.05, 3.63) is 20.8 Å². The Bertz CT molecular complexity index is 417. The fourth-order valence-electron chi connectivity index (χ4n) is 1.25. The quantitative estimate of drug-likeness (QED) is 0.758. The summed E-state index contributed by atoms with van der Waals surface area (Å²) in [5.41, 5.74) is 0.894. The highest BCUT2D eigenvalue weighted by Gasteiger charge is 2.26. The second-order valence-corrected chi connectivity index (χ2v) is 5.03. The Kier molecular flexibility index (Phi) is 3.90. The number of nitriles is 1. The Hall–Kier alpha value is -0.850. The van der Waals surface area contributed by atoms with Crippen molar-refractivity contribution >= 4 is 28.7 Å². The molecule has 15 heavy (non-hydrogen) atoms. The van der Waals surface area contributed by atoms with Gasteiger partial charge in [-0.25, -0.2) is 0 Å². The van der Waals surface area contributed by atoms with Crippen molar-refractivity contribution in [1.29, 1.82) is 5.26 Å². The zero-order chi connectivity index (χ0) is 11.6. The summed E-state index contributed by atoms with van der Waals surface area (Å²) in [6, 6.07) is 2.03. The lowest BCUT2D eigenvalue weighted by molar-refractivity contribution is 0.0928. The molecule has 0 fully saturated rings. The minimum absolute atomic E-state index is 0.0148. The van der Waals surface area contributed by atoms with Crippen LogP contribution in [0.2, 0.25) is 5.02 Å². The van der Waals surface area contributed by atoms with E-state index in [0.717, 1.165) is 5.56 Å². The fraction of sp³-hybridized carbons (Fsp3) is 0.455. The molecule has 0 saturated carbocycles. The van der Waals surface area contributed by atoms with Gasteiger partial charge in [-0.3, -0.25) is 4.79 Å². The van der Waals surface area contributed by atoms with Crippen LogP contribution in [0.3, 0.4) is 0 Å². The lowest BCUT2D eigenvalue weighted by Crippen LogP contribution is -2.17. The average molecular weight is 242 g/mol. The normalized spacial score (nSPS) is 12.5. The van der Waals surface area contributed by atoms with Crippen molar-refractivity contribution in [2.45, 2.75) is 20.8 Å². The van der Waals surface area contributed by atoms with E-state index in [4.69, 9.17) is 16.9 Å². The van der Waals surface area contributed by atoms with Gasteiger partial charge in [0.15, 0.2) is 5.78 Å². The highest BCUT2D eigenvalue weighted by Crippen LogP contribution is 2.30. The topological polar surface area (TPSA) is 40.9 Å². The second-order valence-electron chi connectivity index (χ2n) is 3.78. The van der Waals surface area contributed by atoms with Gasteiger partial charge in [0.1, 0.15) is 5.92 Å². The molecule has 0 aliphatic carbocycles. The van der Waals surface area contributed by atoms with Crippen LogP contribution < -0.4 is 0 Å². The van der Waals surface area contributed by atoms with E-state index in [-0.39, 0.29) is 11.7 Å². The number of Topliss-reactive ketones (excluding diaryl/α,β-unsaturated/α-hetero) is 1. The molecule has 0 aliphatic rings. The third kappa shape index (κ3) is 2.39. The van der Waals surface area contributed by atoms with Gasteiger partial charge in [0.2, 0.25) is 0 Å². The first-order valence-corrected chi connectivity index (χ1v) is 5.92. The first kappa shape index (κ1) is 12.2. The molecule has 1 heterocycles. The summed E-state index contributed by atoms with van der Waals surface area (Å²) in [6.07, 6.45) is 0. The van der Waals surface area contributed by atoms with Crippen molar-refractivity contribution in [1.82, 2.24) is 0 Å². The third-order valence-corrected chi connectivity index (χ3v) is 3.92. The minimum atomic E-state index is -0.597. The van der Waals surface area contributed by atoms with Gasteiger partial charge in [0.05, 0.1) is 16.0 Å². The van der Waals surface area contributed by atoms with E-state index in [1.807, 2.05) is 32.2 Å². The molecule has 1 atom stereocenters. The van der Waals surface area contributed by atoms with Gasteiger partial charge in [0.25, 0.3) is 0 Å². The largest absolute Gasteiger partial charge is 0.292 e. The maximum Gasteiger partial charge on any atom is 0.191 e. The molecule has 0 N–H and O–H groups in total. The molecule has 1 aromatic rings. The van der Waals surface area contributed by atoms with Crippen LogP contribution in [-0.2, 0) is 0 Å². The van der Waals surface area contributed by atoms with Crippen LogP contribution in [0.5, 0.6) is 0 Å². The SMILES string of the molecule is Cc1csc(C(=O)C(C#N)C(C)C)c1Cl. The van der Waals surface area contributed by atoms with Crippen LogP contribution in [0.1, 0.15) is 29.1 Å². The molecular weight excluding hydrogens is 230 g/mol. The fourth-order valence-corrected chi connectivity index (χ4v) is 2.51. The summed E-state index contributed by atoms with van der Waals surface area (Å²) in [5, 5.41) is 11.2. The van der Waals surface area contributed by atoms with E-state index >= 15 is 0 Å². The van der Waals surface area contributed by atoms with Crippen LogP contribution in [0.25, 0.3) is 0 Å². The molecule has 0 radical (unpaired) electrons. The molecule has 0 amide bonds. The number of nitrogens with zero attached hydrogens (tertiary/aromatic N) is 1. The highest BCUT2D eigenvalue weighted by molar-refractivity contribution is 7.13. The number of rotatable bonds is 3. The number of aryl methyl sites for hydroxylation is 1. The highest BCUT2D eigenvalue weighted by atomic mass is 35.5. The van der Waals surface area contributed by atoms with E-state index in [1.165, 1.54) is 11.3 Å². The van der Waals surface area contributed by atoms with Gasteiger partial charge >= 0.3 is 0 Å². The first-order valence-electron chi connectivity index (χ1n) is 4.66. The summed E-state index contributed by atoms with van der Waals surface area (Å²) >= 11 is 7.30. The number of thiophene rings is 1. The Morgan fingerprint density at radius 3 is 2.53 bits per heavy atom. The molecule has 1 unspecified atom stereocenters. The summed E-state index contributed by atoms with van der Waals surface area (Å²) in [6.45, 7) is 5.58. The molecule has 2 nitrogen and oxygen atoms in total. The summed E-state index contributed by atoms with van der Waals surface area (Å²) < 4.78 is 0. The minimum Gasteiger partial charge on any atom is -0.292 e. The molecule has 0 bridgehead atoms. The van der Waals surface area contributed by atoms with E-state index in [0.29, 0.717) is 9.90 Å². The summed E-state index contributed by atoms with van der Waals surface area (Å²) in [7, 11) is 0. The standard InChI is InChI=1S/C11H12ClNOS/c1-6(2)8(4-13)10(14)11-9(12)7(3)5-15-11/h5-6,8H,1-3H3. The van der Waals surface area contributed by atoms with Gasteiger partial charge in [-0.15, -0.1) is 11.3 Å². The van der Waals surface area contributed by atoms with Crippen LogP contribution in [0.4, 0.5) is 0 Å². The summed E-state index contributed by atoms with van der Waals surface area (Å²) in [4.78, 5) is 12.5. The van der Waals surface area contributed by atoms with Crippen LogP contribution in [0.15, 0.2) is 5.38 Å². The zero-order valence-corrected chi connectivity index (χ0v) is 10.4. The third-order valence-electron chi connectivity index (χ3n) is 2.21. The molecule has 0 aromatic carbocycles. The first-order chi connectivity index (χ1) is 6.99. The number of hydrogen-bond acceptors (Lipinski definition) is 3. The average Bonchev–Trinajstić information content (AvgIpc) is 2.48. The number of ketones is 1. The number of hydrogen-bond donors (Lipinski definition) is 0. The van der Waals surface area contributed by atoms with Crippen molar-refractivity contribution < 1.29 is 4.79 Å². The van der Waals surface area contributed by atoms with E-state index in [9.17, 15) is 4.79 Å². The molecule has 1 rings (SSSR count). The number of halogens is 1. The Labute approximate surface area is 98.5 Å². The Balaban J connectivity index is 3.05. The Morgan fingerprint density at radius 1 is 1.60 bits per heavy atom. The summed E-state index contributed by atoms with van der Waals surface area (Å²) in [5.74, 6) is -0.739. The smallest absolute Gasteiger partial charge is 0.191 e. The molecule has 0 aliphatic heterocycles. The van der Waals surface area contributed by atoms with E-state index in [1.54, 1.807) is 0 Å². The predicted molar refractivity (Wildman–Crippen MR) is 62.3 cm³/mol. The second kappa shape index (κ2) is 4.78. The number of carbonyl (C=O) groups is 1. The van der Waals surface area contributed by atoms with Gasteiger partial charge in [-0.05, 0) is 23.8 Å². The van der Waals surface area contributed by atoms with Crippen LogP contribution in [0, 0.1) is 30.1 Å². The van der Waals surface area contributed by atoms with Crippen molar-refractivity contribution in [3.63, 3.8) is 0 Å². The van der Waals surface area contributed by atoms with Gasteiger partial charge in [0, 0.05) is 0 Å². The molecular formula is C11H12ClNOS. The van der Waals surface area contributed by atoms with Crippen molar-refractivity contribution in [2.24, 2.45) is 11.8 Å². The maximum absolute atomic E-state index is 12.0. The Morgan fingerprint density at radius 2 is 2.20 bits per heavy atom. The molecule has 0 saturated heterocycles. The van der Waals surface area contributed by atoms with E-state index in [2.05, 4.69) is 0 Å². The zero-order valence-electron chi connectivity index (χ0n) is 8.87. The predicted octanol–water partition coefficient (Wildman–Crippen LogP) is 3.69. The maximum atomic E-state index is 12.0. The van der Waals surface area contributed by atoms with E-state index < -0.39 is 5.92 Å². The molecule has 1 aromatic heterocycles. The lowest BCUT2D eigenvalue weighted by Gasteiger charge is -2.10. The van der Waals surface area contributed by atoms with Gasteiger partial charge in [-0.2, -0.15) is 5.26 Å². The lowest BCUT2D eigenvalue weighted by atomic mass is 9.92. The van der Waals surface area contributed by atoms with Gasteiger partial charge < -0.3 is 0 Å². The van der Waals surface area contributed by atoms with Crippen LogP contribution >= 0.6 is 22.9 Å².